The molecule has 17 heteroatoms. The Balaban J connectivity index is 1.46. The molecule has 6 rings (SSSR count). The van der Waals surface area contributed by atoms with Gasteiger partial charge in [-0.3, -0.25) is 4.74 Å². The molecular formula is C41H26Br5FO11. The van der Waals surface area contributed by atoms with E-state index in [0.29, 0.717) is 22.4 Å². The Morgan fingerprint density at radius 2 is 0.741 bits per heavy atom. The van der Waals surface area contributed by atoms with Crippen molar-refractivity contribution in [2.75, 3.05) is 6.61 Å². The molecule has 1 aliphatic heterocycles. The first-order chi connectivity index (χ1) is 27.7. The predicted molar refractivity (Wildman–Crippen MR) is 223 cm³/mol. The normalized spacial score (nSPS) is 20.0. The maximum atomic E-state index is 18.0. The second-order valence-corrected chi connectivity index (χ2v) is 16.9. The number of esters is 5. The lowest BCUT2D eigenvalue weighted by Gasteiger charge is -2.46. The SMILES string of the molecule is O=C(OC[C@@]1(F)O[C@@H](OC(=O)c2ccc(Br)cc2)[C@H](OC(=O)c2ccc(Br)cc2)[C@@H](OC(=O)c2ccc(Br)cc2)[C@@H]1OC(=O)c1ccc(Br)cc1)c1ccc(Br)cc1. The van der Waals surface area contributed by atoms with Gasteiger partial charge in [0.15, 0.2) is 12.7 Å². The zero-order valence-corrected chi connectivity index (χ0v) is 37.3. The van der Waals surface area contributed by atoms with Crippen LogP contribution in [0.2, 0.25) is 0 Å². The summed E-state index contributed by atoms with van der Waals surface area (Å²) < 4.78 is 55.5. The smallest absolute Gasteiger partial charge is 0.340 e. The van der Waals surface area contributed by atoms with E-state index in [0.717, 1.165) is 0 Å². The molecule has 1 saturated heterocycles. The molecule has 0 amide bonds. The first-order valence-corrected chi connectivity index (χ1v) is 20.8. The van der Waals surface area contributed by atoms with Crippen LogP contribution in [-0.2, 0) is 28.4 Å². The number of benzene rings is 5. The topological polar surface area (TPSA) is 141 Å². The number of rotatable bonds is 11. The largest absolute Gasteiger partial charge is 0.456 e. The Labute approximate surface area is 372 Å². The lowest BCUT2D eigenvalue weighted by molar-refractivity contribution is -0.360. The molecule has 0 saturated carbocycles. The Bertz CT molecular complexity index is 2290. The summed E-state index contributed by atoms with van der Waals surface area (Å²) in [7, 11) is 0. The number of halogens is 6. The fourth-order valence-corrected chi connectivity index (χ4v) is 6.75. The lowest BCUT2D eigenvalue weighted by atomic mass is 9.95. The number of carbonyl (C=O) groups is 5. The van der Waals surface area contributed by atoms with E-state index >= 15 is 4.39 Å². The minimum atomic E-state index is -3.44. The molecule has 0 radical (unpaired) electrons. The van der Waals surface area contributed by atoms with Crippen LogP contribution in [0, 0.1) is 0 Å². The molecule has 5 aromatic carbocycles. The summed E-state index contributed by atoms with van der Waals surface area (Å²) in [6, 6.07) is 29.4. The van der Waals surface area contributed by atoms with Gasteiger partial charge < -0.3 is 23.7 Å². The summed E-state index contributed by atoms with van der Waals surface area (Å²) in [6.45, 7) is -1.30. The summed E-state index contributed by atoms with van der Waals surface area (Å²) in [5.74, 6) is -8.77. The summed E-state index contributed by atoms with van der Waals surface area (Å²) in [6.07, 6.45) is -8.69. The molecule has 1 fully saturated rings. The van der Waals surface area contributed by atoms with Crippen molar-refractivity contribution in [3.05, 3.63) is 172 Å². The highest BCUT2D eigenvalue weighted by molar-refractivity contribution is 9.11. The second kappa shape index (κ2) is 19.2. The zero-order valence-electron chi connectivity index (χ0n) is 29.3. The number of hydrogen-bond donors (Lipinski definition) is 0. The van der Waals surface area contributed by atoms with E-state index in [9.17, 15) is 24.0 Å². The zero-order chi connectivity index (χ0) is 41.6. The summed E-state index contributed by atoms with van der Waals surface area (Å²) in [4.78, 5) is 68.3. The average molecular weight is 1110 g/mol. The number of alkyl halides is 1. The Morgan fingerprint density at radius 1 is 0.448 bits per heavy atom. The Morgan fingerprint density at radius 3 is 1.10 bits per heavy atom. The van der Waals surface area contributed by atoms with Crippen LogP contribution in [0.5, 0.6) is 0 Å². The molecule has 0 aromatic heterocycles. The third-order valence-corrected chi connectivity index (χ3v) is 11.0. The summed E-state index contributed by atoms with van der Waals surface area (Å²) in [5, 5.41) is 0. The number of ether oxygens (including phenoxy) is 6. The van der Waals surface area contributed by atoms with Crippen molar-refractivity contribution in [2.24, 2.45) is 0 Å². The van der Waals surface area contributed by atoms with Crippen molar-refractivity contribution in [3.63, 3.8) is 0 Å². The van der Waals surface area contributed by atoms with Gasteiger partial charge in [0.1, 0.15) is 0 Å². The molecule has 0 unspecified atom stereocenters. The van der Waals surface area contributed by atoms with Gasteiger partial charge in [-0.05, 0) is 121 Å². The van der Waals surface area contributed by atoms with E-state index in [1.807, 2.05) is 0 Å². The van der Waals surface area contributed by atoms with Gasteiger partial charge in [-0.25, -0.2) is 28.4 Å². The molecule has 0 bridgehead atoms. The van der Waals surface area contributed by atoms with Crippen molar-refractivity contribution in [3.8, 4) is 0 Å². The summed E-state index contributed by atoms with van der Waals surface area (Å²) >= 11 is 16.5. The minimum absolute atomic E-state index is 0.0110. The maximum Gasteiger partial charge on any atom is 0.340 e. The summed E-state index contributed by atoms with van der Waals surface area (Å²) in [5.41, 5.74) is -0.127. The highest BCUT2D eigenvalue weighted by Gasteiger charge is 2.63. The first-order valence-electron chi connectivity index (χ1n) is 16.8. The van der Waals surface area contributed by atoms with Crippen LogP contribution in [0.1, 0.15) is 51.8 Å². The van der Waals surface area contributed by atoms with Gasteiger partial charge in [0.25, 0.3) is 5.85 Å². The third kappa shape index (κ3) is 10.9. The van der Waals surface area contributed by atoms with Gasteiger partial charge in [-0.2, -0.15) is 0 Å². The van der Waals surface area contributed by atoms with Crippen molar-refractivity contribution >= 4 is 109 Å². The molecule has 5 aromatic rings. The van der Waals surface area contributed by atoms with Crippen LogP contribution in [0.25, 0.3) is 0 Å². The van der Waals surface area contributed by atoms with Gasteiger partial charge in [0, 0.05) is 22.4 Å². The molecular weight excluding hydrogens is 1090 g/mol. The monoisotopic (exact) mass is 1110 g/mol. The average Bonchev–Trinajstić information content (AvgIpc) is 3.20. The van der Waals surface area contributed by atoms with Crippen molar-refractivity contribution in [1.29, 1.82) is 0 Å². The van der Waals surface area contributed by atoms with Gasteiger partial charge >= 0.3 is 29.8 Å². The van der Waals surface area contributed by atoms with Crippen LogP contribution >= 0.6 is 79.6 Å². The van der Waals surface area contributed by atoms with Gasteiger partial charge in [-0.1, -0.05) is 79.6 Å². The first kappa shape index (κ1) is 43.3. The van der Waals surface area contributed by atoms with E-state index in [4.69, 9.17) is 28.4 Å². The van der Waals surface area contributed by atoms with E-state index in [2.05, 4.69) is 79.6 Å². The molecule has 298 valence electrons. The van der Waals surface area contributed by atoms with E-state index in [-0.39, 0.29) is 27.8 Å². The highest BCUT2D eigenvalue weighted by atomic mass is 79.9. The van der Waals surface area contributed by atoms with Crippen LogP contribution in [-0.4, -0.2) is 66.9 Å². The van der Waals surface area contributed by atoms with E-state index < -0.39 is 66.9 Å². The number of hydrogen-bond acceptors (Lipinski definition) is 11. The Hall–Kier alpha value is -4.26. The molecule has 0 spiro atoms. The van der Waals surface area contributed by atoms with Gasteiger partial charge in [0.2, 0.25) is 18.5 Å². The lowest BCUT2D eigenvalue weighted by Crippen LogP contribution is -2.68. The van der Waals surface area contributed by atoms with E-state index in [1.165, 1.54) is 72.8 Å². The van der Waals surface area contributed by atoms with Crippen LogP contribution in [0.4, 0.5) is 4.39 Å². The Kier molecular flexibility index (Phi) is 14.3. The van der Waals surface area contributed by atoms with Crippen LogP contribution in [0.3, 0.4) is 0 Å². The van der Waals surface area contributed by atoms with Crippen molar-refractivity contribution in [2.45, 2.75) is 30.5 Å². The molecule has 11 nitrogen and oxygen atoms in total. The highest BCUT2D eigenvalue weighted by Crippen LogP contribution is 2.39. The van der Waals surface area contributed by atoms with E-state index in [1.54, 1.807) is 48.5 Å². The quantitative estimate of drug-likeness (QED) is 0.0922. The fourth-order valence-electron chi connectivity index (χ4n) is 5.43. The standard InChI is InChI=1S/C41H26Br5FO11/c42-27-11-1-22(2-12-27)35(48)53-21-41(47)34(56-38(51)25-7-17-30(45)18-8-25)32(54-36(49)23-3-13-28(43)14-4-23)33(55-37(50)24-5-15-29(44)16-6-24)40(58-41)57-39(52)26-9-19-31(46)20-10-26/h1-20,32-34,40H,21H2/t32-,33-,34+,40-,41-/m1/s1. The molecule has 5 atom stereocenters. The van der Waals surface area contributed by atoms with Crippen LogP contribution in [0.15, 0.2) is 144 Å². The molecule has 0 aliphatic carbocycles. The molecule has 1 heterocycles. The second-order valence-electron chi connectivity index (χ2n) is 12.4. The molecule has 58 heavy (non-hydrogen) atoms. The molecule has 0 N–H and O–H groups in total. The maximum absolute atomic E-state index is 18.0. The molecule has 1 aliphatic rings. The third-order valence-electron chi connectivity index (χ3n) is 8.37. The van der Waals surface area contributed by atoms with Gasteiger partial charge in [-0.15, -0.1) is 0 Å². The fraction of sp³-hybridized carbons (Fsp3) is 0.146. The van der Waals surface area contributed by atoms with Crippen molar-refractivity contribution in [1.82, 2.24) is 0 Å². The predicted octanol–water partition coefficient (Wildman–Crippen LogP) is 10.2. The van der Waals surface area contributed by atoms with Crippen molar-refractivity contribution < 1.29 is 56.8 Å². The van der Waals surface area contributed by atoms with Crippen LogP contribution < -0.4 is 0 Å². The van der Waals surface area contributed by atoms with Gasteiger partial charge in [0.05, 0.1) is 27.8 Å². The number of carbonyl (C=O) groups excluding carboxylic acids is 5. The minimum Gasteiger partial charge on any atom is -0.456 e.